The van der Waals surface area contributed by atoms with Gasteiger partial charge >= 0.3 is 0 Å². The van der Waals surface area contributed by atoms with Gasteiger partial charge in [0.2, 0.25) is 11.8 Å². The van der Waals surface area contributed by atoms with Gasteiger partial charge in [0.15, 0.2) is 6.61 Å². The number of anilines is 1. The van der Waals surface area contributed by atoms with E-state index in [0.717, 1.165) is 41.7 Å². The van der Waals surface area contributed by atoms with Gasteiger partial charge in [-0.25, -0.2) is 10.4 Å². The second kappa shape index (κ2) is 9.45. The molecule has 142 valence electrons. The molecule has 1 fully saturated rings. The van der Waals surface area contributed by atoms with Gasteiger partial charge in [-0.3, -0.25) is 4.79 Å². The van der Waals surface area contributed by atoms with Crippen LogP contribution < -0.4 is 15.1 Å². The Hall–Kier alpha value is -2.48. The number of aryl methyl sites for hydroxylation is 1. The second-order valence-electron chi connectivity index (χ2n) is 6.33. The SMILES string of the molecule is Cc1cc(OCC(=O)NN=Cc2ccc(Br)cc2)nc(N2CCCCC2)n1. The molecular weight excluding hydrogens is 410 g/mol. The first kappa shape index (κ1) is 19.3. The van der Waals surface area contributed by atoms with Crippen molar-refractivity contribution in [1.82, 2.24) is 15.4 Å². The maximum atomic E-state index is 11.9. The van der Waals surface area contributed by atoms with Gasteiger partial charge < -0.3 is 9.64 Å². The number of rotatable bonds is 6. The van der Waals surface area contributed by atoms with Crippen molar-refractivity contribution in [3.8, 4) is 5.88 Å². The van der Waals surface area contributed by atoms with Gasteiger partial charge in [0.25, 0.3) is 5.91 Å². The number of hydrogen-bond acceptors (Lipinski definition) is 6. The highest BCUT2D eigenvalue weighted by molar-refractivity contribution is 9.10. The van der Waals surface area contributed by atoms with E-state index in [-0.39, 0.29) is 12.5 Å². The van der Waals surface area contributed by atoms with E-state index in [9.17, 15) is 4.79 Å². The summed E-state index contributed by atoms with van der Waals surface area (Å²) in [6, 6.07) is 9.32. The van der Waals surface area contributed by atoms with Crippen molar-refractivity contribution in [2.75, 3.05) is 24.6 Å². The lowest BCUT2D eigenvalue weighted by Crippen LogP contribution is -2.31. The van der Waals surface area contributed by atoms with Crippen LogP contribution in [-0.2, 0) is 4.79 Å². The van der Waals surface area contributed by atoms with Gasteiger partial charge in [0.05, 0.1) is 6.21 Å². The summed E-state index contributed by atoms with van der Waals surface area (Å²) in [7, 11) is 0. The van der Waals surface area contributed by atoms with Crippen LogP contribution in [0.4, 0.5) is 5.95 Å². The van der Waals surface area contributed by atoms with E-state index >= 15 is 0 Å². The van der Waals surface area contributed by atoms with E-state index in [1.54, 1.807) is 12.3 Å². The summed E-state index contributed by atoms with van der Waals surface area (Å²) < 4.78 is 6.52. The van der Waals surface area contributed by atoms with Crippen molar-refractivity contribution in [1.29, 1.82) is 0 Å². The number of amides is 1. The normalized spacial score (nSPS) is 14.4. The molecular formula is C19H22BrN5O2. The molecule has 0 radical (unpaired) electrons. The van der Waals surface area contributed by atoms with Crippen LogP contribution in [0.3, 0.4) is 0 Å². The van der Waals surface area contributed by atoms with Crippen molar-refractivity contribution < 1.29 is 9.53 Å². The third kappa shape index (κ3) is 6.02. The van der Waals surface area contributed by atoms with Crippen molar-refractivity contribution in [3.05, 3.63) is 46.1 Å². The van der Waals surface area contributed by atoms with E-state index in [4.69, 9.17) is 4.74 Å². The molecule has 1 N–H and O–H groups in total. The fraction of sp³-hybridized carbons (Fsp3) is 0.368. The summed E-state index contributed by atoms with van der Waals surface area (Å²) in [6.07, 6.45) is 5.11. The van der Waals surface area contributed by atoms with Crippen molar-refractivity contribution >= 4 is 34.0 Å². The molecule has 0 spiro atoms. The van der Waals surface area contributed by atoms with Gasteiger partial charge in [0, 0.05) is 29.3 Å². The molecule has 0 bridgehead atoms. The Morgan fingerprint density at radius 1 is 1.26 bits per heavy atom. The van der Waals surface area contributed by atoms with E-state index in [0.29, 0.717) is 11.8 Å². The molecule has 1 aromatic heterocycles. The molecule has 3 rings (SSSR count). The average Bonchev–Trinajstić information content (AvgIpc) is 2.68. The molecule has 1 aliphatic heterocycles. The zero-order valence-corrected chi connectivity index (χ0v) is 16.8. The number of carbonyl (C=O) groups is 1. The quantitative estimate of drug-likeness (QED) is 0.561. The number of piperidine rings is 1. The Balaban J connectivity index is 1.52. The van der Waals surface area contributed by atoms with Crippen LogP contribution in [0.2, 0.25) is 0 Å². The van der Waals surface area contributed by atoms with Crippen LogP contribution in [-0.4, -0.2) is 41.8 Å². The highest BCUT2D eigenvalue weighted by Gasteiger charge is 2.15. The number of nitrogens with one attached hydrogen (secondary N) is 1. The Morgan fingerprint density at radius 2 is 2.00 bits per heavy atom. The number of aromatic nitrogens is 2. The Bertz CT molecular complexity index is 804. The topological polar surface area (TPSA) is 79.7 Å². The maximum absolute atomic E-state index is 11.9. The third-order valence-corrected chi connectivity index (χ3v) is 4.61. The average molecular weight is 432 g/mol. The minimum Gasteiger partial charge on any atom is -0.467 e. The fourth-order valence-electron chi connectivity index (χ4n) is 2.73. The molecule has 2 aromatic rings. The van der Waals surface area contributed by atoms with Gasteiger partial charge in [-0.05, 0) is 43.9 Å². The van der Waals surface area contributed by atoms with Crippen LogP contribution >= 0.6 is 15.9 Å². The predicted octanol–water partition coefficient (Wildman–Crippen LogP) is 3.07. The summed E-state index contributed by atoms with van der Waals surface area (Å²) in [4.78, 5) is 23.0. The molecule has 1 aromatic carbocycles. The number of ether oxygens (including phenoxy) is 1. The first-order chi connectivity index (χ1) is 13.1. The smallest absolute Gasteiger partial charge is 0.278 e. The lowest BCUT2D eigenvalue weighted by Gasteiger charge is -2.26. The Kier molecular flexibility index (Phi) is 6.75. The highest BCUT2D eigenvalue weighted by atomic mass is 79.9. The molecule has 7 nitrogen and oxygen atoms in total. The van der Waals surface area contributed by atoms with Gasteiger partial charge in [-0.15, -0.1) is 0 Å². The Labute approximate surface area is 167 Å². The number of benzene rings is 1. The number of halogens is 1. The molecule has 0 atom stereocenters. The summed E-state index contributed by atoms with van der Waals surface area (Å²) in [5.41, 5.74) is 4.15. The number of carbonyl (C=O) groups excluding carboxylic acids is 1. The predicted molar refractivity (Wildman–Crippen MR) is 108 cm³/mol. The second-order valence-corrected chi connectivity index (χ2v) is 7.24. The first-order valence-electron chi connectivity index (χ1n) is 8.91. The minimum atomic E-state index is -0.348. The molecule has 1 amide bonds. The van der Waals surface area contributed by atoms with E-state index in [1.807, 2.05) is 31.2 Å². The number of nitrogens with zero attached hydrogens (tertiary/aromatic N) is 4. The summed E-state index contributed by atoms with van der Waals surface area (Å²) >= 11 is 3.37. The van der Waals surface area contributed by atoms with E-state index in [1.165, 1.54) is 6.42 Å². The first-order valence-corrected chi connectivity index (χ1v) is 9.70. The van der Waals surface area contributed by atoms with Crippen LogP contribution in [0, 0.1) is 6.92 Å². The van der Waals surface area contributed by atoms with Crippen LogP contribution in [0.5, 0.6) is 5.88 Å². The largest absolute Gasteiger partial charge is 0.467 e. The summed E-state index contributed by atoms with van der Waals surface area (Å²) in [5, 5.41) is 3.93. The van der Waals surface area contributed by atoms with Gasteiger partial charge in [-0.1, -0.05) is 28.1 Å². The molecule has 1 saturated heterocycles. The minimum absolute atomic E-state index is 0.159. The monoisotopic (exact) mass is 431 g/mol. The Morgan fingerprint density at radius 3 is 2.74 bits per heavy atom. The van der Waals surface area contributed by atoms with Crippen molar-refractivity contribution in [2.45, 2.75) is 26.2 Å². The molecule has 2 heterocycles. The van der Waals surface area contributed by atoms with Crippen LogP contribution in [0.1, 0.15) is 30.5 Å². The van der Waals surface area contributed by atoms with Gasteiger partial charge in [0.1, 0.15) is 0 Å². The van der Waals surface area contributed by atoms with Gasteiger partial charge in [-0.2, -0.15) is 10.1 Å². The van der Waals surface area contributed by atoms with E-state index < -0.39 is 0 Å². The lowest BCUT2D eigenvalue weighted by atomic mass is 10.1. The molecule has 0 aliphatic carbocycles. The molecule has 0 unspecified atom stereocenters. The molecule has 8 heteroatoms. The number of hydrogen-bond donors (Lipinski definition) is 1. The van der Waals surface area contributed by atoms with Crippen molar-refractivity contribution in [2.24, 2.45) is 5.10 Å². The molecule has 0 saturated carbocycles. The fourth-order valence-corrected chi connectivity index (χ4v) is 3.00. The molecule has 1 aliphatic rings. The number of hydrazone groups is 1. The standard InChI is InChI=1S/C19H22BrN5O2/c1-14-11-18(23-19(22-14)25-9-3-2-4-10-25)27-13-17(26)24-21-12-15-5-7-16(20)8-6-15/h5-8,11-12H,2-4,9-10,13H2,1H3,(H,24,26). The highest BCUT2D eigenvalue weighted by Crippen LogP contribution is 2.19. The van der Waals surface area contributed by atoms with E-state index in [2.05, 4.69) is 41.3 Å². The summed E-state index contributed by atoms with van der Waals surface area (Å²) in [5.74, 6) is 0.715. The maximum Gasteiger partial charge on any atom is 0.278 e. The third-order valence-electron chi connectivity index (χ3n) is 4.08. The van der Waals surface area contributed by atoms with Crippen LogP contribution in [0.15, 0.2) is 39.9 Å². The van der Waals surface area contributed by atoms with Crippen molar-refractivity contribution in [3.63, 3.8) is 0 Å². The van der Waals surface area contributed by atoms with Crippen LogP contribution in [0.25, 0.3) is 0 Å². The lowest BCUT2D eigenvalue weighted by molar-refractivity contribution is -0.123. The molecule has 27 heavy (non-hydrogen) atoms. The zero-order valence-electron chi connectivity index (χ0n) is 15.2. The summed E-state index contributed by atoms with van der Waals surface area (Å²) in [6.45, 7) is 3.64. The zero-order chi connectivity index (χ0) is 19.1.